The average molecular weight is 203 g/mol. The zero-order valence-electron chi connectivity index (χ0n) is 8.35. The van der Waals surface area contributed by atoms with Crippen molar-refractivity contribution in [3.8, 4) is 5.75 Å². The molecule has 1 saturated heterocycles. The van der Waals surface area contributed by atoms with Gasteiger partial charge in [0.2, 0.25) is 0 Å². The Morgan fingerprint density at radius 2 is 2.40 bits per heavy atom. The lowest BCUT2D eigenvalue weighted by Crippen LogP contribution is -2.14. The molecule has 0 radical (unpaired) electrons. The Morgan fingerprint density at radius 1 is 1.47 bits per heavy atom. The molecule has 1 unspecified atom stereocenters. The van der Waals surface area contributed by atoms with Crippen molar-refractivity contribution in [2.24, 2.45) is 0 Å². The van der Waals surface area contributed by atoms with Gasteiger partial charge in [-0.25, -0.2) is 0 Å². The second-order valence-electron chi connectivity index (χ2n) is 3.95. The van der Waals surface area contributed by atoms with E-state index in [1.54, 1.807) is 6.07 Å². The van der Waals surface area contributed by atoms with Gasteiger partial charge >= 0.3 is 0 Å². The summed E-state index contributed by atoms with van der Waals surface area (Å²) in [5, 5.41) is 18.5. The van der Waals surface area contributed by atoms with Crippen LogP contribution >= 0.6 is 0 Å². The molecule has 2 aromatic rings. The van der Waals surface area contributed by atoms with E-state index in [2.05, 4.69) is 10.4 Å². The molecule has 15 heavy (non-hydrogen) atoms. The van der Waals surface area contributed by atoms with Crippen molar-refractivity contribution in [3.05, 3.63) is 24.4 Å². The largest absolute Gasteiger partial charge is 0.506 e. The fraction of sp³-hybridized carbons (Fsp3) is 0.364. The molecule has 0 saturated carbocycles. The van der Waals surface area contributed by atoms with Crippen molar-refractivity contribution in [1.82, 2.24) is 15.1 Å². The highest BCUT2D eigenvalue weighted by atomic mass is 16.3. The van der Waals surface area contributed by atoms with Crippen LogP contribution in [0.5, 0.6) is 5.75 Å². The van der Waals surface area contributed by atoms with Gasteiger partial charge in [-0.2, -0.15) is 5.10 Å². The summed E-state index contributed by atoms with van der Waals surface area (Å²) < 4.78 is 1.94. The summed E-state index contributed by atoms with van der Waals surface area (Å²) in [6.45, 7) is 1.96. The number of aromatic nitrogens is 2. The lowest BCUT2D eigenvalue weighted by molar-refractivity contribution is 0.461. The maximum absolute atomic E-state index is 9.82. The molecular formula is C11H13N3O. The Kier molecular flexibility index (Phi) is 1.89. The van der Waals surface area contributed by atoms with E-state index < -0.39 is 0 Å². The number of hydrogen-bond acceptors (Lipinski definition) is 3. The van der Waals surface area contributed by atoms with Crippen LogP contribution in [0.2, 0.25) is 0 Å². The van der Waals surface area contributed by atoms with Crippen LogP contribution in [-0.2, 0) is 0 Å². The van der Waals surface area contributed by atoms with Gasteiger partial charge < -0.3 is 10.4 Å². The van der Waals surface area contributed by atoms with Crippen molar-refractivity contribution < 1.29 is 5.11 Å². The molecule has 4 heteroatoms. The van der Waals surface area contributed by atoms with E-state index in [9.17, 15) is 5.11 Å². The summed E-state index contributed by atoms with van der Waals surface area (Å²) in [6.07, 6.45) is 2.89. The molecule has 2 heterocycles. The van der Waals surface area contributed by atoms with Crippen LogP contribution in [0.25, 0.3) is 10.9 Å². The van der Waals surface area contributed by atoms with Gasteiger partial charge in [-0.15, -0.1) is 0 Å². The normalized spacial score (nSPS) is 21.2. The van der Waals surface area contributed by atoms with Crippen molar-refractivity contribution >= 4 is 10.9 Å². The van der Waals surface area contributed by atoms with Crippen molar-refractivity contribution in [1.29, 1.82) is 0 Å². The molecule has 1 aromatic heterocycles. The molecule has 0 spiro atoms. The van der Waals surface area contributed by atoms with Crippen LogP contribution in [-0.4, -0.2) is 28.0 Å². The highest BCUT2D eigenvalue weighted by molar-refractivity contribution is 5.84. The van der Waals surface area contributed by atoms with Crippen molar-refractivity contribution in [2.75, 3.05) is 13.1 Å². The Balaban J connectivity index is 2.18. The van der Waals surface area contributed by atoms with Crippen LogP contribution in [0.4, 0.5) is 0 Å². The molecule has 1 atom stereocenters. The monoisotopic (exact) mass is 203 g/mol. The topological polar surface area (TPSA) is 50.1 Å². The van der Waals surface area contributed by atoms with E-state index >= 15 is 0 Å². The van der Waals surface area contributed by atoms with Gasteiger partial charge in [-0.1, -0.05) is 12.1 Å². The molecule has 2 N–H and O–H groups in total. The second-order valence-corrected chi connectivity index (χ2v) is 3.95. The Morgan fingerprint density at radius 3 is 3.20 bits per heavy atom. The predicted octanol–water partition coefficient (Wildman–Crippen LogP) is 1.28. The van der Waals surface area contributed by atoms with E-state index in [4.69, 9.17) is 0 Å². The maximum Gasteiger partial charge on any atom is 0.141 e. The van der Waals surface area contributed by atoms with Crippen LogP contribution in [0.3, 0.4) is 0 Å². The van der Waals surface area contributed by atoms with Gasteiger partial charge in [0.15, 0.2) is 0 Å². The van der Waals surface area contributed by atoms with Crippen molar-refractivity contribution in [2.45, 2.75) is 12.5 Å². The third-order valence-corrected chi connectivity index (χ3v) is 2.98. The lowest BCUT2D eigenvalue weighted by Gasteiger charge is -2.11. The number of fused-ring (bicyclic) bond motifs is 1. The Hall–Kier alpha value is -1.55. The first-order valence-corrected chi connectivity index (χ1v) is 5.22. The minimum Gasteiger partial charge on any atom is -0.506 e. The Labute approximate surface area is 87.5 Å². The summed E-state index contributed by atoms with van der Waals surface area (Å²) in [4.78, 5) is 0. The van der Waals surface area contributed by atoms with E-state index in [0.29, 0.717) is 11.8 Å². The van der Waals surface area contributed by atoms with Gasteiger partial charge in [0.05, 0.1) is 12.2 Å². The molecular weight excluding hydrogens is 190 g/mol. The molecule has 1 aliphatic heterocycles. The molecule has 78 valence electrons. The van der Waals surface area contributed by atoms with Crippen LogP contribution in [0, 0.1) is 0 Å². The second kappa shape index (κ2) is 3.24. The highest BCUT2D eigenvalue weighted by Crippen LogP contribution is 2.28. The third-order valence-electron chi connectivity index (χ3n) is 2.98. The Bertz CT molecular complexity index is 486. The number of rotatable bonds is 1. The molecule has 0 amide bonds. The van der Waals surface area contributed by atoms with Crippen LogP contribution in [0.15, 0.2) is 24.4 Å². The number of phenolic OH excluding ortho intramolecular Hbond substituents is 1. The standard InChI is InChI=1S/C11H13N3O/c15-10-3-1-2-8-6-13-14(11(8)10)9-4-5-12-7-9/h1-3,6,9,12,15H,4-5,7H2. The SMILES string of the molecule is Oc1cccc2cnn(C3CCNC3)c12. The summed E-state index contributed by atoms with van der Waals surface area (Å²) in [7, 11) is 0. The molecule has 1 fully saturated rings. The fourth-order valence-corrected chi connectivity index (χ4v) is 2.21. The number of nitrogens with one attached hydrogen (secondary N) is 1. The van der Waals surface area contributed by atoms with Gasteiger partial charge in [-0.05, 0) is 19.0 Å². The van der Waals surface area contributed by atoms with Gasteiger partial charge in [0.1, 0.15) is 11.3 Å². The zero-order chi connectivity index (χ0) is 10.3. The summed E-state index contributed by atoms with van der Waals surface area (Å²) in [6, 6.07) is 5.90. The number of phenols is 1. The molecule has 0 bridgehead atoms. The van der Waals surface area contributed by atoms with E-state index in [0.717, 1.165) is 30.4 Å². The van der Waals surface area contributed by atoms with Gasteiger partial charge in [-0.3, -0.25) is 4.68 Å². The molecule has 3 rings (SSSR count). The number of para-hydroxylation sites is 1. The molecule has 1 aliphatic rings. The summed E-state index contributed by atoms with van der Waals surface area (Å²) >= 11 is 0. The first-order chi connectivity index (χ1) is 7.36. The van der Waals surface area contributed by atoms with Crippen molar-refractivity contribution in [3.63, 3.8) is 0 Å². The third kappa shape index (κ3) is 1.29. The van der Waals surface area contributed by atoms with E-state index in [1.165, 1.54) is 0 Å². The van der Waals surface area contributed by atoms with Crippen LogP contribution < -0.4 is 5.32 Å². The van der Waals surface area contributed by atoms with Gasteiger partial charge in [0.25, 0.3) is 0 Å². The van der Waals surface area contributed by atoms with E-state index in [-0.39, 0.29) is 0 Å². The summed E-state index contributed by atoms with van der Waals surface area (Å²) in [5.41, 5.74) is 0.853. The molecule has 1 aromatic carbocycles. The minimum absolute atomic E-state index is 0.317. The number of nitrogens with zero attached hydrogens (tertiary/aromatic N) is 2. The van der Waals surface area contributed by atoms with Crippen LogP contribution in [0.1, 0.15) is 12.5 Å². The minimum atomic E-state index is 0.317. The number of aromatic hydroxyl groups is 1. The van der Waals surface area contributed by atoms with E-state index in [1.807, 2.05) is 23.0 Å². The predicted molar refractivity (Wildman–Crippen MR) is 57.9 cm³/mol. The first-order valence-electron chi connectivity index (χ1n) is 5.22. The lowest BCUT2D eigenvalue weighted by atomic mass is 10.2. The summed E-state index contributed by atoms with van der Waals surface area (Å²) in [5.74, 6) is 0.317. The van der Waals surface area contributed by atoms with Gasteiger partial charge in [0, 0.05) is 11.9 Å². The zero-order valence-corrected chi connectivity index (χ0v) is 8.35. The quantitative estimate of drug-likeness (QED) is 0.734. The fourth-order valence-electron chi connectivity index (χ4n) is 2.21. The highest BCUT2D eigenvalue weighted by Gasteiger charge is 2.20. The molecule has 4 nitrogen and oxygen atoms in total. The average Bonchev–Trinajstić information content (AvgIpc) is 2.85. The maximum atomic E-state index is 9.82. The first kappa shape index (κ1) is 8.73. The molecule has 0 aliphatic carbocycles. The number of benzene rings is 1. The smallest absolute Gasteiger partial charge is 0.141 e. The number of hydrogen-bond donors (Lipinski definition) is 2.